The number of nitrogens with two attached hydrogens (primary N) is 1. The van der Waals surface area contributed by atoms with Crippen molar-refractivity contribution in [2.75, 3.05) is 13.7 Å². The van der Waals surface area contributed by atoms with Crippen LogP contribution in [0.2, 0.25) is 5.02 Å². The molecular formula is C14H20ClNO. The predicted octanol–water partition coefficient (Wildman–Crippen LogP) is 3.13. The molecule has 0 aromatic heterocycles. The normalized spacial score (nSPS) is 29.2. The van der Waals surface area contributed by atoms with Crippen molar-refractivity contribution in [3.63, 3.8) is 0 Å². The van der Waals surface area contributed by atoms with Gasteiger partial charge in [-0.25, -0.2) is 0 Å². The van der Waals surface area contributed by atoms with E-state index in [2.05, 4.69) is 6.07 Å². The molecule has 0 amide bonds. The second kappa shape index (κ2) is 5.38. The van der Waals surface area contributed by atoms with Crippen molar-refractivity contribution >= 4 is 11.6 Å². The van der Waals surface area contributed by atoms with Crippen LogP contribution in [0, 0.1) is 0 Å². The molecule has 1 aromatic carbocycles. The zero-order valence-electron chi connectivity index (χ0n) is 10.3. The van der Waals surface area contributed by atoms with E-state index < -0.39 is 0 Å². The van der Waals surface area contributed by atoms with Crippen molar-refractivity contribution in [1.82, 2.24) is 0 Å². The number of ether oxygens (including phenoxy) is 1. The highest BCUT2D eigenvalue weighted by Crippen LogP contribution is 2.42. The average molecular weight is 254 g/mol. The Morgan fingerprint density at radius 1 is 1.35 bits per heavy atom. The summed E-state index contributed by atoms with van der Waals surface area (Å²) in [7, 11) is 1.79. The first kappa shape index (κ1) is 12.9. The first-order valence-corrected chi connectivity index (χ1v) is 6.57. The monoisotopic (exact) mass is 253 g/mol. The molecule has 0 saturated heterocycles. The molecule has 0 unspecified atom stereocenters. The molecular weight excluding hydrogens is 234 g/mol. The molecule has 2 N–H and O–H groups in total. The fourth-order valence-corrected chi connectivity index (χ4v) is 3.19. The third kappa shape index (κ3) is 2.49. The fourth-order valence-electron chi connectivity index (χ4n) is 2.85. The standard InChI is InChI=1S/C14H20ClNO/c1-17-11-6-8-14(10-16,9-7-11)12-4-2-3-5-13(12)15/h2-5,11H,6-10,16H2,1H3. The molecule has 0 heterocycles. The number of hydrogen-bond acceptors (Lipinski definition) is 2. The molecule has 1 aliphatic rings. The minimum Gasteiger partial charge on any atom is -0.381 e. The van der Waals surface area contributed by atoms with Crippen LogP contribution in [-0.4, -0.2) is 19.8 Å². The van der Waals surface area contributed by atoms with Gasteiger partial charge in [0, 0.05) is 24.1 Å². The van der Waals surface area contributed by atoms with Crippen LogP contribution in [0.25, 0.3) is 0 Å². The van der Waals surface area contributed by atoms with Crippen molar-refractivity contribution in [1.29, 1.82) is 0 Å². The maximum absolute atomic E-state index is 6.31. The third-order valence-electron chi connectivity index (χ3n) is 4.06. The number of methoxy groups -OCH3 is 1. The molecule has 17 heavy (non-hydrogen) atoms. The summed E-state index contributed by atoms with van der Waals surface area (Å²) < 4.78 is 5.42. The lowest BCUT2D eigenvalue weighted by atomic mass is 9.68. The maximum atomic E-state index is 6.31. The van der Waals surface area contributed by atoms with Gasteiger partial charge in [0.1, 0.15) is 0 Å². The second-order valence-electron chi connectivity index (χ2n) is 4.90. The zero-order valence-corrected chi connectivity index (χ0v) is 11.0. The maximum Gasteiger partial charge on any atom is 0.0572 e. The molecule has 3 heteroatoms. The number of halogens is 1. The van der Waals surface area contributed by atoms with Crippen LogP contribution in [0.3, 0.4) is 0 Å². The second-order valence-corrected chi connectivity index (χ2v) is 5.31. The highest BCUT2D eigenvalue weighted by molar-refractivity contribution is 6.31. The predicted molar refractivity (Wildman–Crippen MR) is 71.4 cm³/mol. The number of hydrogen-bond donors (Lipinski definition) is 1. The molecule has 0 aliphatic heterocycles. The van der Waals surface area contributed by atoms with E-state index in [9.17, 15) is 0 Å². The molecule has 1 saturated carbocycles. The van der Waals surface area contributed by atoms with Gasteiger partial charge < -0.3 is 10.5 Å². The van der Waals surface area contributed by atoms with E-state index in [4.69, 9.17) is 22.1 Å². The van der Waals surface area contributed by atoms with Gasteiger partial charge in [0.15, 0.2) is 0 Å². The Kier molecular flexibility index (Phi) is 4.08. The van der Waals surface area contributed by atoms with Gasteiger partial charge in [-0.15, -0.1) is 0 Å². The first-order chi connectivity index (χ1) is 8.22. The lowest BCUT2D eigenvalue weighted by Gasteiger charge is -2.40. The van der Waals surface area contributed by atoms with Crippen LogP contribution in [0.1, 0.15) is 31.2 Å². The Hall–Kier alpha value is -0.570. The van der Waals surface area contributed by atoms with Crippen LogP contribution in [0.4, 0.5) is 0 Å². The van der Waals surface area contributed by atoms with Gasteiger partial charge in [-0.05, 0) is 37.3 Å². The van der Waals surface area contributed by atoms with E-state index in [0.717, 1.165) is 30.7 Å². The quantitative estimate of drug-likeness (QED) is 0.898. The highest BCUT2D eigenvalue weighted by atomic mass is 35.5. The van der Waals surface area contributed by atoms with Gasteiger partial charge in [0.25, 0.3) is 0 Å². The van der Waals surface area contributed by atoms with Crippen LogP contribution in [0.15, 0.2) is 24.3 Å². The molecule has 1 aliphatic carbocycles. The Bertz CT molecular complexity index is 372. The van der Waals surface area contributed by atoms with Crippen LogP contribution in [-0.2, 0) is 10.2 Å². The van der Waals surface area contributed by atoms with Crippen molar-refractivity contribution in [3.05, 3.63) is 34.9 Å². The summed E-state index contributed by atoms with van der Waals surface area (Å²) in [5, 5.41) is 0.841. The van der Waals surface area contributed by atoms with Gasteiger partial charge in [-0.2, -0.15) is 0 Å². The minimum absolute atomic E-state index is 0.0490. The molecule has 1 aromatic rings. The minimum atomic E-state index is 0.0490. The van der Waals surface area contributed by atoms with Gasteiger partial charge in [0.2, 0.25) is 0 Å². The van der Waals surface area contributed by atoms with E-state index in [1.54, 1.807) is 7.11 Å². The van der Waals surface area contributed by atoms with Crippen molar-refractivity contribution in [2.45, 2.75) is 37.2 Å². The molecule has 1 fully saturated rings. The zero-order chi connectivity index (χ0) is 12.3. The molecule has 0 spiro atoms. The van der Waals surface area contributed by atoms with Gasteiger partial charge in [-0.1, -0.05) is 29.8 Å². The van der Waals surface area contributed by atoms with Gasteiger partial charge in [-0.3, -0.25) is 0 Å². The fraction of sp³-hybridized carbons (Fsp3) is 0.571. The summed E-state index contributed by atoms with van der Waals surface area (Å²) in [5.41, 5.74) is 7.28. The van der Waals surface area contributed by atoms with Crippen LogP contribution in [0.5, 0.6) is 0 Å². The summed E-state index contributed by atoms with van der Waals surface area (Å²) in [5.74, 6) is 0. The topological polar surface area (TPSA) is 35.2 Å². The smallest absolute Gasteiger partial charge is 0.0572 e. The molecule has 94 valence electrons. The van der Waals surface area contributed by atoms with Crippen molar-refractivity contribution in [3.8, 4) is 0 Å². The number of rotatable bonds is 3. The molecule has 0 bridgehead atoms. The Labute approximate surface area is 108 Å². The summed E-state index contributed by atoms with van der Waals surface area (Å²) >= 11 is 6.31. The Morgan fingerprint density at radius 2 is 2.00 bits per heavy atom. The number of benzene rings is 1. The SMILES string of the molecule is COC1CCC(CN)(c2ccccc2Cl)CC1. The molecule has 0 radical (unpaired) electrons. The van der Waals surface area contributed by atoms with Gasteiger partial charge >= 0.3 is 0 Å². The van der Waals surface area contributed by atoms with E-state index >= 15 is 0 Å². The summed E-state index contributed by atoms with van der Waals surface area (Å²) in [6, 6.07) is 8.08. The summed E-state index contributed by atoms with van der Waals surface area (Å²) in [6.07, 6.45) is 4.65. The largest absolute Gasteiger partial charge is 0.381 e. The average Bonchev–Trinajstić information content (AvgIpc) is 2.39. The van der Waals surface area contributed by atoms with Crippen molar-refractivity contribution in [2.24, 2.45) is 5.73 Å². The van der Waals surface area contributed by atoms with E-state index in [-0.39, 0.29) is 5.41 Å². The van der Waals surface area contributed by atoms with E-state index in [1.807, 2.05) is 18.2 Å². The molecule has 2 rings (SSSR count). The molecule has 0 atom stereocenters. The van der Waals surface area contributed by atoms with E-state index in [1.165, 1.54) is 5.56 Å². The Balaban J connectivity index is 2.24. The summed E-state index contributed by atoms with van der Waals surface area (Å²) in [4.78, 5) is 0. The Morgan fingerprint density at radius 3 is 2.53 bits per heavy atom. The lowest BCUT2D eigenvalue weighted by molar-refractivity contribution is 0.0498. The molecule has 2 nitrogen and oxygen atoms in total. The van der Waals surface area contributed by atoms with Crippen LogP contribution < -0.4 is 5.73 Å². The third-order valence-corrected chi connectivity index (χ3v) is 4.39. The highest BCUT2D eigenvalue weighted by Gasteiger charge is 2.36. The van der Waals surface area contributed by atoms with E-state index in [0.29, 0.717) is 12.6 Å². The van der Waals surface area contributed by atoms with Crippen molar-refractivity contribution < 1.29 is 4.74 Å². The van der Waals surface area contributed by atoms with Crippen LogP contribution >= 0.6 is 11.6 Å². The summed E-state index contributed by atoms with van der Waals surface area (Å²) in [6.45, 7) is 0.660. The van der Waals surface area contributed by atoms with Gasteiger partial charge in [0.05, 0.1) is 6.10 Å². The lowest BCUT2D eigenvalue weighted by Crippen LogP contribution is -2.40. The first-order valence-electron chi connectivity index (χ1n) is 6.20.